The minimum atomic E-state index is -1.74. The van der Waals surface area contributed by atoms with Gasteiger partial charge in [0.25, 0.3) is 0 Å². The summed E-state index contributed by atoms with van der Waals surface area (Å²) >= 11 is 0. The molecule has 0 radical (unpaired) electrons. The van der Waals surface area contributed by atoms with Gasteiger partial charge in [-0.25, -0.2) is 0 Å². The summed E-state index contributed by atoms with van der Waals surface area (Å²) in [7, 11) is 0. The van der Waals surface area contributed by atoms with Crippen molar-refractivity contribution >= 4 is 47.6 Å². The molecule has 0 fully saturated rings. The van der Waals surface area contributed by atoms with Crippen LogP contribution < -0.4 is 38.1 Å². The lowest BCUT2D eigenvalue weighted by Gasteiger charge is -2.28. The van der Waals surface area contributed by atoms with Gasteiger partial charge in [-0.15, -0.1) is 0 Å². The number of carbonyl (C=O) groups excluding carboxylic acids is 8. The number of aliphatic hydroxyl groups is 2. The average Bonchev–Trinajstić information content (AvgIpc) is 3.01. The third-order valence-electron chi connectivity index (χ3n) is 6.94. The van der Waals surface area contributed by atoms with Crippen LogP contribution in [-0.4, -0.2) is 101 Å². The highest BCUT2D eigenvalue weighted by Gasteiger charge is 2.35. The maximum absolute atomic E-state index is 13.4. The largest absolute Gasteiger partial charge is 0.394 e. The fraction of sp³-hybridized carbons (Fsp3) is 0.533. The number of nitrogens with one attached hydrogen (secondary N) is 5. The molecular formula is C30H45N7O10. The number of primary amides is 2. The Balaban J connectivity index is 3.28. The molecule has 7 amide bonds. The van der Waals surface area contributed by atoms with Crippen LogP contribution in [0.25, 0.3) is 0 Å². The zero-order valence-corrected chi connectivity index (χ0v) is 26.6. The van der Waals surface area contributed by atoms with Crippen LogP contribution in [-0.2, 0) is 44.8 Å². The molecule has 0 saturated carbocycles. The number of hydrogen-bond donors (Lipinski definition) is 9. The van der Waals surface area contributed by atoms with E-state index in [1.165, 1.54) is 0 Å². The molecule has 6 unspecified atom stereocenters. The van der Waals surface area contributed by atoms with Crippen LogP contribution in [0.2, 0.25) is 0 Å². The van der Waals surface area contributed by atoms with E-state index in [4.69, 9.17) is 11.5 Å². The van der Waals surface area contributed by atoms with Gasteiger partial charge < -0.3 is 53.1 Å². The van der Waals surface area contributed by atoms with E-state index < -0.39 is 97.1 Å². The second-order valence-corrected chi connectivity index (χ2v) is 11.2. The lowest BCUT2D eigenvalue weighted by Crippen LogP contribution is -2.61. The molecule has 260 valence electrons. The highest BCUT2D eigenvalue weighted by Crippen LogP contribution is 2.10. The fourth-order valence-electron chi connectivity index (χ4n) is 4.28. The molecule has 1 aromatic rings. The molecule has 0 aliphatic carbocycles. The molecule has 0 heterocycles. The molecular weight excluding hydrogens is 618 g/mol. The highest BCUT2D eigenvalue weighted by molar-refractivity contribution is 5.97. The topological polar surface area (TPSA) is 289 Å². The van der Waals surface area contributed by atoms with Crippen molar-refractivity contribution in [2.45, 2.75) is 89.2 Å². The van der Waals surface area contributed by atoms with Crippen molar-refractivity contribution in [3.05, 3.63) is 35.9 Å². The van der Waals surface area contributed by atoms with Gasteiger partial charge in [-0.3, -0.25) is 33.6 Å². The first-order valence-corrected chi connectivity index (χ1v) is 14.9. The van der Waals surface area contributed by atoms with Gasteiger partial charge in [0, 0.05) is 13.3 Å². The molecule has 0 saturated heterocycles. The van der Waals surface area contributed by atoms with Gasteiger partial charge in [0.05, 0.1) is 25.2 Å². The maximum atomic E-state index is 13.4. The summed E-state index contributed by atoms with van der Waals surface area (Å²) in [6.07, 6.45) is -2.25. The van der Waals surface area contributed by atoms with Gasteiger partial charge in [-0.2, -0.15) is 0 Å². The molecule has 47 heavy (non-hydrogen) atoms. The summed E-state index contributed by atoms with van der Waals surface area (Å²) in [5.74, 6) is -6.97. The monoisotopic (exact) mass is 663 g/mol. The first-order valence-electron chi connectivity index (χ1n) is 14.9. The molecule has 0 spiro atoms. The van der Waals surface area contributed by atoms with Crippen LogP contribution in [0, 0.1) is 5.92 Å². The molecule has 0 bridgehead atoms. The predicted octanol–water partition coefficient (Wildman–Crippen LogP) is -3.59. The number of amides is 7. The highest BCUT2D eigenvalue weighted by atomic mass is 16.3. The molecule has 17 heteroatoms. The second kappa shape index (κ2) is 20.3. The van der Waals surface area contributed by atoms with E-state index in [1.54, 1.807) is 44.2 Å². The SMILES string of the molecule is CC(=O)NC(CO)C(=O)NC(CCC(N)=O)C(=O)NC(CC(N)=O)C(=O)NC(C(=O)NC(C=O)C(C)C)C(O)CCc1ccccc1. The lowest BCUT2D eigenvalue weighted by molar-refractivity contribution is -0.137. The number of nitrogens with two attached hydrogens (primary N) is 2. The Morgan fingerprint density at radius 2 is 1.34 bits per heavy atom. The molecule has 17 nitrogen and oxygen atoms in total. The van der Waals surface area contributed by atoms with Crippen LogP contribution in [0.1, 0.15) is 52.0 Å². The molecule has 0 aliphatic heterocycles. The van der Waals surface area contributed by atoms with E-state index in [0.29, 0.717) is 12.7 Å². The molecule has 6 atom stereocenters. The molecule has 0 aromatic heterocycles. The smallest absolute Gasteiger partial charge is 0.245 e. The van der Waals surface area contributed by atoms with E-state index in [-0.39, 0.29) is 18.8 Å². The lowest BCUT2D eigenvalue weighted by atomic mass is 9.99. The number of aldehydes is 1. The predicted molar refractivity (Wildman–Crippen MR) is 166 cm³/mol. The van der Waals surface area contributed by atoms with E-state index in [1.807, 2.05) is 0 Å². The van der Waals surface area contributed by atoms with Crippen molar-refractivity contribution in [3.63, 3.8) is 0 Å². The number of aliphatic hydroxyl groups excluding tert-OH is 2. The summed E-state index contributed by atoms with van der Waals surface area (Å²) in [5, 5.41) is 32.0. The van der Waals surface area contributed by atoms with Gasteiger partial charge in [-0.1, -0.05) is 44.2 Å². The van der Waals surface area contributed by atoms with Gasteiger partial charge in [0.1, 0.15) is 30.5 Å². The van der Waals surface area contributed by atoms with Crippen LogP contribution in [0.4, 0.5) is 0 Å². The Morgan fingerprint density at radius 3 is 1.85 bits per heavy atom. The Kier molecular flexibility index (Phi) is 17.3. The number of aryl methyl sites for hydroxylation is 1. The minimum Gasteiger partial charge on any atom is -0.394 e. The zero-order valence-electron chi connectivity index (χ0n) is 26.6. The minimum absolute atomic E-state index is 0.00972. The standard InChI is InChI=1S/C30H45N7O10/c1-16(2)21(14-38)36-30(47)26(23(41)11-9-18-7-5-4-6-8-18)37-28(45)20(13-25(32)43)35-27(44)19(10-12-24(31)42)34-29(46)22(15-39)33-17(3)40/h4-8,14,16,19-23,26,39,41H,9-13,15H2,1-3H3,(H2,31,42)(H2,32,43)(H,33,40)(H,34,46)(H,35,44)(H,36,47)(H,37,45). The Labute approximate surface area is 271 Å². The van der Waals surface area contributed by atoms with Crippen LogP contribution >= 0.6 is 0 Å². The fourth-order valence-corrected chi connectivity index (χ4v) is 4.28. The van der Waals surface area contributed by atoms with Crippen molar-refractivity contribution in [2.75, 3.05) is 6.61 Å². The van der Waals surface area contributed by atoms with Crippen molar-refractivity contribution < 1.29 is 48.6 Å². The molecule has 0 aliphatic rings. The molecule has 1 rings (SSSR count). The van der Waals surface area contributed by atoms with Crippen molar-refractivity contribution in [1.82, 2.24) is 26.6 Å². The quantitative estimate of drug-likeness (QED) is 0.0583. The molecule has 1 aromatic carbocycles. The summed E-state index contributed by atoms with van der Waals surface area (Å²) in [6, 6.07) is 1.62. The van der Waals surface area contributed by atoms with E-state index >= 15 is 0 Å². The van der Waals surface area contributed by atoms with E-state index in [9.17, 15) is 48.6 Å². The van der Waals surface area contributed by atoms with Gasteiger partial charge >= 0.3 is 0 Å². The molecule has 11 N–H and O–H groups in total. The van der Waals surface area contributed by atoms with Gasteiger partial charge in [-0.05, 0) is 30.7 Å². The van der Waals surface area contributed by atoms with Crippen LogP contribution in [0.15, 0.2) is 30.3 Å². The first-order chi connectivity index (χ1) is 22.1. The average molecular weight is 664 g/mol. The Hall–Kier alpha value is -4.90. The first kappa shape index (κ1) is 40.1. The summed E-state index contributed by atoms with van der Waals surface area (Å²) < 4.78 is 0. The summed E-state index contributed by atoms with van der Waals surface area (Å²) in [5.41, 5.74) is 11.3. The van der Waals surface area contributed by atoms with Crippen LogP contribution in [0.5, 0.6) is 0 Å². The number of carbonyl (C=O) groups is 8. The zero-order chi connectivity index (χ0) is 35.7. The number of rotatable bonds is 21. The Morgan fingerprint density at radius 1 is 0.766 bits per heavy atom. The summed E-state index contributed by atoms with van der Waals surface area (Å²) in [4.78, 5) is 98.9. The third kappa shape index (κ3) is 14.8. The normalized spacial score (nSPS) is 14.7. The summed E-state index contributed by atoms with van der Waals surface area (Å²) in [6.45, 7) is 3.60. The number of benzene rings is 1. The number of hydrogen-bond acceptors (Lipinski definition) is 10. The van der Waals surface area contributed by atoms with E-state index in [0.717, 1.165) is 12.5 Å². The van der Waals surface area contributed by atoms with Gasteiger partial charge in [0.2, 0.25) is 41.4 Å². The third-order valence-corrected chi connectivity index (χ3v) is 6.94. The van der Waals surface area contributed by atoms with Gasteiger partial charge in [0.15, 0.2) is 0 Å². The van der Waals surface area contributed by atoms with Crippen molar-refractivity contribution in [3.8, 4) is 0 Å². The van der Waals surface area contributed by atoms with E-state index in [2.05, 4.69) is 26.6 Å². The van der Waals surface area contributed by atoms with Crippen LogP contribution in [0.3, 0.4) is 0 Å². The van der Waals surface area contributed by atoms with Crippen molar-refractivity contribution in [1.29, 1.82) is 0 Å². The van der Waals surface area contributed by atoms with Crippen molar-refractivity contribution in [2.24, 2.45) is 17.4 Å². The second-order valence-electron chi connectivity index (χ2n) is 11.2. The Bertz CT molecular complexity index is 1260. The maximum Gasteiger partial charge on any atom is 0.245 e.